The van der Waals surface area contributed by atoms with E-state index in [9.17, 15) is 14.7 Å². The second kappa shape index (κ2) is 7.70. The number of aryl methyl sites for hydroxylation is 1. The second-order valence-electron chi connectivity index (χ2n) is 6.77. The van der Waals surface area contributed by atoms with Gasteiger partial charge in [-0.05, 0) is 24.5 Å². The van der Waals surface area contributed by atoms with Gasteiger partial charge in [-0.15, -0.1) is 0 Å². The molecule has 0 aromatic heterocycles. The van der Waals surface area contributed by atoms with Gasteiger partial charge in [0.2, 0.25) is 5.91 Å². The van der Waals surface area contributed by atoms with Gasteiger partial charge < -0.3 is 9.84 Å². The Bertz CT molecular complexity index is 772. The van der Waals surface area contributed by atoms with Crippen molar-refractivity contribution in [2.24, 2.45) is 5.92 Å². The number of benzene rings is 2. The van der Waals surface area contributed by atoms with Crippen LogP contribution in [0.4, 0.5) is 4.79 Å². The highest BCUT2D eigenvalue weighted by molar-refractivity contribution is 5.95. The zero-order chi connectivity index (χ0) is 18.7. The predicted molar refractivity (Wildman–Crippen MR) is 97.4 cm³/mol. The average molecular weight is 353 g/mol. The van der Waals surface area contributed by atoms with Crippen LogP contribution in [0.25, 0.3) is 0 Å². The van der Waals surface area contributed by atoms with E-state index in [2.05, 4.69) is 0 Å². The van der Waals surface area contributed by atoms with Crippen LogP contribution < -0.4 is 0 Å². The number of hydrogen-bond donors (Lipinski definition) is 1. The summed E-state index contributed by atoms with van der Waals surface area (Å²) >= 11 is 0. The number of ether oxygens (including phenoxy) is 1. The number of nitrogens with zero attached hydrogens (tertiary/aromatic N) is 1. The summed E-state index contributed by atoms with van der Waals surface area (Å²) in [6.07, 6.45) is -1.08. The maximum Gasteiger partial charge on any atom is 0.416 e. The molecule has 0 aliphatic carbocycles. The number of carbonyl (C=O) groups is 2. The zero-order valence-electron chi connectivity index (χ0n) is 15.0. The summed E-state index contributed by atoms with van der Waals surface area (Å²) in [5.74, 6) is -1.16. The zero-order valence-corrected chi connectivity index (χ0v) is 15.0. The number of amides is 2. The monoisotopic (exact) mass is 353 g/mol. The first-order chi connectivity index (χ1) is 12.5. The van der Waals surface area contributed by atoms with E-state index in [0.29, 0.717) is 12.0 Å². The lowest BCUT2D eigenvalue weighted by atomic mass is 9.94. The molecule has 26 heavy (non-hydrogen) atoms. The highest BCUT2D eigenvalue weighted by atomic mass is 16.6. The molecule has 136 valence electrons. The van der Waals surface area contributed by atoms with Crippen molar-refractivity contribution in [1.29, 1.82) is 0 Å². The molecule has 3 atom stereocenters. The van der Waals surface area contributed by atoms with Gasteiger partial charge in [-0.1, -0.05) is 67.1 Å². The van der Waals surface area contributed by atoms with E-state index in [-0.39, 0.29) is 12.6 Å². The van der Waals surface area contributed by atoms with Gasteiger partial charge in [-0.3, -0.25) is 4.79 Å². The Morgan fingerprint density at radius 2 is 1.85 bits per heavy atom. The van der Waals surface area contributed by atoms with Crippen LogP contribution in [0.15, 0.2) is 54.6 Å². The summed E-state index contributed by atoms with van der Waals surface area (Å²) in [5.41, 5.74) is 2.76. The molecule has 2 aromatic carbocycles. The van der Waals surface area contributed by atoms with Crippen LogP contribution in [0, 0.1) is 12.8 Å². The molecule has 3 rings (SSSR count). The molecule has 5 nitrogen and oxygen atoms in total. The second-order valence-corrected chi connectivity index (χ2v) is 6.77. The molecule has 1 aliphatic heterocycles. The van der Waals surface area contributed by atoms with Crippen molar-refractivity contribution >= 4 is 12.0 Å². The van der Waals surface area contributed by atoms with Crippen LogP contribution >= 0.6 is 0 Å². The minimum Gasteiger partial charge on any atom is -0.447 e. The third-order valence-electron chi connectivity index (χ3n) is 4.79. The van der Waals surface area contributed by atoms with E-state index in [1.54, 1.807) is 19.1 Å². The lowest BCUT2D eigenvalue weighted by Gasteiger charge is -2.26. The Labute approximate surface area is 153 Å². The van der Waals surface area contributed by atoms with Crippen LogP contribution in [0.3, 0.4) is 0 Å². The first-order valence-electron chi connectivity index (χ1n) is 8.75. The first kappa shape index (κ1) is 18.1. The standard InChI is InChI=1S/C21H23NO4/c1-14-8-10-17(11-9-14)19(23)15(2)20(24)22-18(13-26-21(22)25)12-16-6-4-3-5-7-16/h3-11,15,18-19,23H,12-13H2,1-2H3/t15-,18+,19+/m1/s1. The van der Waals surface area contributed by atoms with Crippen LogP contribution in [0.1, 0.15) is 29.7 Å². The van der Waals surface area contributed by atoms with E-state index in [0.717, 1.165) is 16.0 Å². The minimum absolute atomic E-state index is 0.173. The number of aliphatic hydroxyl groups excluding tert-OH is 1. The molecule has 1 N–H and O–H groups in total. The molecule has 2 amide bonds. The maximum absolute atomic E-state index is 12.9. The normalized spacial score (nSPS) is 19.1. The lowest BCUT2D eigenvalue weighted by molar-refractivity contribution is -0.136. The SMILES string of the molecule is Cc1ccc([C@@H](O)[C@@H](C)C(=O)N2C(=O)OC[C@@H]2Cc2ccccc2)cc1. The summed E-state index contributed by atoms with van der Waals surface area (Å²) in [4.78, 5) is 26.2. The van der Waals surface area contributed by atoms with Crippen molar-refractivity contribution in [2.45, 2.75) is 32.4 Å². The number of hydrogen-bond acceptors (Lipinski definition) is 4. The average Bonchev–Trinajstić information content (AvgIpc) is 3.01. The lowest BCUT2D eigenvalue weighted by Crippen LogP contribution is -2.44. The molecular weight excluding hydrogens is 330 g/mol. The third kappa shape index (κ3) is 3.78. The molecule has 1 fully saturated rings. The number of imide groups is 1. The van der Waals surface area contributed by atoms with Gasteiger partial charge in [0.25, 0.3) is 0 Å². The Morgan fingerprint density at radius 3 is 2.50 bits per heavy atom. The van der Waals surface area contributed by atoms with Crippen molar-refractivity contribution in [3.05, 3.63) is 71.3 Å². The number of cyclic esters (lactones) is 1. The van der Waals surface area contributed by atoms with Crippen LogP contribution in [0.2, 0.25) is 0 Å². The van der Waals surface area contributed by atoms with E-state index < -0.39 is 24.0 Å². The van der Waals surface area contributed by atoms with E-state index >= 15 is 0 Å². The number of aliphatic hydroxyl groups is 1. The van der Waals surface area contributed by atoms with Gasteiger partial charge in [-0.25, -0.2) is 9.69 Å². The van der Waals surface area contributed by atoms with Crippen LogP contribution in [0.5, 0.6) is 0 Å². The van der Waals surface area contributed by atoms with Crippen molar-refractivity contribution in [1.82, 2.24) is 4.90 Å². The fourth-order valence-corrected chi connectivity index (χ4v) is 3.17. The molecule has 0 saturated carbocycles. The molecule has 1 aliphatic rings. The minimum atomic E-state index is -0.978. The Hall–Kier alpha value is -2.66. The van der Waals surface area contributed by atoms with E-state index in [1.807, 2.05) is 49.4 Å². The van der Waals surface area contributed by atoms with Gasteiger partial charge in [-0.2, -0.15) is 0 Å². The fourth-order valence-electron chi connectivity index (χ4n) is 3.17. The van der Waals surface area contributed by atoms with Crippen molar-refractivity contribution in [2.75, 3.05) is 6.61 Å². The fraction of sp³-hybridized carbons (Fsp3) is 0.333. The van der Waals surface area contributed by atoms with E-state index in [1.165, 1.54) is 0 Å². The molecule has 0 bridgehead atoms. The van der Waals surface area contributed by atoms with Crippen molar-refractivity contribution in [3.8, 4) is 0 Å². The largest absolute Gasteiger partial charge is 0.447 e. The number of carbonyl (C=O) groups excluding carboxylic acids is 2. The smallest absolute Gasteiger partial charge is 0.416 e. The molecule has 2 aromatic rings. The quantitative estimate of drug-likeness (QED) is 0.896. The predicted octanol–water partition coefficient (Wildman–Crippen LogP) is 3.25. The van der Waals surface area contributed by atoms with Crippen LogP contribution in [-0.4, -0.2) is 34.7 Å². The Kier molecular flexibility index (Phi) is 5.38. The number of rotatable bonds is 5. The molecular formula is C21H23NO4. The van der Waals surface area contributed by atoms with Gasteiger partial charge >= 0.3 is 6.09 Å². The summed E-state index contributed by atoms with van der Waals surface area (Å²) in [6, 6.07) is 16.7. The molecule has 1 saturated heterocycles. The maximum atomic E-state index is 12.9. The Morgan fingerprint density at radius 1 is 1.19 bits per heavy atom. The Balaban J connectivity index is 1.75. The summed E-state index contributed by atoms with van der Waals surface area (Å²) in [7, 11) is 0. The van der Waals surface area contributed by atoms with Gasteiger partial charge in [0.1, 0.15) is 6.61 Å². The molecule has 0 unspecified atom stereocenters. The topological polar surface area (TPSA) is 66.8 Å². The molecule has 5 heteroatoms. The summed E-state index contributed by atoms with van der Waals surface area (Å²) in [6.45, 7) is 3.77. The first-order valence-corrected chi connectivity index (χ1v) is 8.75. The van der Waals surface area contributed by atoms with Crippen molar-refractivity contribution in [3.63, 3.8) is 0 Å². The summed E-state index contributed by atoms with van der Waals surface area (Å²) in [5, 5.41) is 10.6. The summed E-state index contributed by atoms with van der Waals surface area (Å²) < 4.78 is 5.11. The third-order valence-corrected chi connectivity index (χ3v) is 4.79. The highest BCUT2D eigenvalue weighted by Crippen LogP contribution is 2.27. The molecule has 0 spiro atoms. The highest BCUT2D eigenvalue weighted by Gasteiger charge is 2.41. The van der Waals surface area contributed by atoms with Gasteiger partial charge in [0.05, 0.1) is 18.1 Å². The van der Waals surface area contributed by atoms with Crippen molar-refractivity contribution < 1.29 is 19.4 Å². The molecule has 0 radical (unpaired) electrons. The van der Waals surface area contributed by atoms with Gasteiger partial charge in [0.15, 0.2) is 0 Å². The van der Waals surface area contributed by atoms with E-state index in [4.69, 9.17) is 4.74 Å². The molecule has 1 heterocycles. The van der Waals surface area contributed by atoms with Gasteiger partial charge in [0, 0.05) is 0 Å². The van der Waals surface area contributed by atoms with Crippen LogP contribution in [-0.2, 0) is 16.0 Å².